The van der Waals surface area contributed by atoms with E-state index in [1.165, 1.54) is 19.3 Å². The van der Waals surface area contributed by atoms with Crippen LogP contribution in [0, 0.1) is 17.2 Å². The highest BCUT2D eigenvalue weighted by molar-refractivity contribution is 4.93. The van der Waals surface area contributed by atoms with E-state index in [4.69, 9.17) is 5.26 Å². The zero-order valence-electron chi connectivity index (χ0n) is 6.21. The van der Waals surface area contributed by atoms with Crippen LogP contribution in [0.25, 0.3) is 0 Å². The van der Waals surface area contributed by atoms with Crippen LogP contribution in [-0.4, -0.2) is 0 Å². The van der Waals surface area contributed by atoms with E-state index in [9.17, 15) is 0 Å². The first-order valence-corrected chi connectivity index (χ1v) is 3.98. The summed E-state index contributed by atoms with van der Waals surface area (Å²) in [6.07, 6.45) is 10.1. The molecule has 0 aromatic heterocycles. The van der Waals surface area contributed by atoms with Gasteiger partial charge in [-0.05, 0) is 25.7 Å². The fourth-order valence-corrected chi connectivity index (χ4v) is 1.27. The first-order valence-electron chi connectivity index (χ1n) is 3.98. The van der Waals surface area contributed by atoms with Crippen molar-refractivity contribution >= 4 is 0 Å². The third-order valence-electron chi connectivity index (χ3n) is 1.94. The fourth-order valence-electron chi connectivity index (χ4n) is 1.27. The Morgan fingerprint density at radius 3 is 3.00 bits per heavy atom. The summed E-state index contributed by atoms with van der Waals surface area (Å²) in [6.45, 7) is 0. The summed E-state index contributed by atoms with van der Waals surface area (Å²) in [5.74, 6) is 0.288. The largest absolute Gasteiger partial charge is 0.198 e. The molecule has 10 heavy (non-hydrogen) atoms. The van der Waals surface area contributed by atoms with E-state index in [1.54, 1.807) is 0 Å². The van der Waals surface area contributed by atoms with Crippen LogP contribution in [0.2, 0.25) is 0 Å². The molecule has 1 aliphatic carbocycles. The van der Waals surface area contributed by atoms with Gasteiger partial charge in [-0.2, -0.15) is 5.26 Å². The molecule has 0 bridgehead atoms. The average molecular weight is 135 g/mol. The van der Waals surface area contributed by atoms with Gasteiger partial charge in [-0.3, -0.25) is 0 Å². The van der Waals surface area contributed by atoms with Crippen molar-refractivity contribution in [1.29, 1.82) is 5.26 Å². The summed E-state index contributed by atoms with van der Waals surface area (Å²) >= 11 is 0. The molecule has 0 radical (unpaired) electrons. The predicted octanol–water partition coefficient (Wildman–Crippen LogP) is 2.65. The SMILES string of the molecule is N#CC1CC=CCCCC1. The monoisotopic (exact) mass is 135 g/mol. The summed E-state index contributed by atoms with van der Waals surface area (Å²) in [6, 6.07) is 2.32. The van der Waals surface area contributed by atoms with Crippen molar-refractivity contribution in [2.45, 2.75) is 32.1 Å². The number of nitrogens with zero attached hydrogens (tertiary/aromatic N) is 1. The minimum absolute atomic E-state index is 0.288. The second-order valence-corrected chi connectivity index (χ2v) is 2.82. The van der Waals surface area contributed by atoms with E-state index >= 15 is 0 Å². The molecule has 0 spiro atoms. The van der Waals surface area contributed by atoms with Crippen molar-refractivity contribution in [2.24, 2.45) is 5.92 Å². The van der Waals surface area contributed by atoms with Crippen LogP contribution >= 0.6 is 0 Å². The molecular weight excluding hydrogens is 122 g/mol. The number of rotatable bonds is 0. The zero-order valence-corrected chi connectivity index (χ0v) is 6.21. The lowest BCUT2D eigenvalue weighted by atomic mass is 9.96. The van der Waals surface area contributed by atoms with E-state index in [0.29, 0.717) is 0 Å². The zero-order chi connectivity index (χ0) is 7.23. The van der Waals surface area contributed by atoms with E-state index in [0.717, 1.165) is 12.8 Å². The molecule has 0 aromatic rings. The molecule has 0 aliphatic heterocycles. The normalized spacial score (nSPS) is 26.5. The number of hydrogen-bond acceptors (Lipinski definition) is 1. The first-order chi connectivity index (χ1) is 4.93. The van der Waals surface area contributed by atoms with Crippen LogP contribution in [0.3, 0.4) is 0 Å². The molecule has 1 nitrogen and oxygen atoms in total. The number of nitriles is 1. The Bertz CT molecular complexity index is 153. The molecule has 0 fully saturated rings. The van der Waals surface area contributed by atoms with Gasteiger partial charge in [0.2, 0.25) is 0 Å². The highest BCUT2D eigenvalue weighted by Crippen LogP contribution is 2.16. The third-order valence-corrected chi connectivity index (χ3v) is 1.94. The molecule has 1 atom stereocenters. The second-order valence-electron chi connectivity index (χ2n) is 2.82. The minimum Gasteiger partial charge on any atom is -0.198 e. The standard InChI is InChI=1S/C9H13N/c10-8-9-6-4-2-1-3-5-7-9/h2,4,9H,1,3,5-7H2. The maximum absolute atomic E-state index is 8.62. The molecule has 1 rings (SSSR count). The Morgan fingerprint density at radius 2 is 2.20 bits per heavy atom. The van der Waals surface area contributed by atoms with Crippen LogP contribution in [0.1, 0.15) is 32.1 Å². The molecule has 0 N–H and O–H groups in total. The summed E-state index contributed by atoms with van der Waals surface area (Å²) in [4.78, 5) is 0. The number of hydrogen-bond donors (Lipinski definition) is 0. The van der Waals surface area contributed by atoms with Gasteiger partial charge in [-0.1, -0.05) is 18.6 Å². The molecular formula is C9H13N. The summed E-state index contributed by atoms with van der Waals surface area (Å²) in [5, 5.41) is 8.62. The van der Waals surface area contributed by atoms with Crippen molar-refractivity contribution in [3.8, 4) is 6.07 Å². The molecule has 1 unspecified atom stereocenters. The predicted molar refractivity (Wildman–Crippen MR) is 41.3 cm³/mol. The molecule has 0 heterocycles. The topological polar surface area (TPSA) is 23.8 Å². The van der Waals surface area contributed by atoms with Crippen LogP contribution < -0.4 is 0 Å². The van der Waals surface area contributed by atoms with Gasteiger partial charge in [-0.25, -0.2) is 0 Å². The Balaban J connectivity index is 2.39. The average Bonchev–Trinajstić information content (AvgIpc) is 1.87. The van der Waals surface area contributed by atoms with Crippen molar-refractivity contribution in [2.75, 3.05) is 0 Å². The van der Waals surface area contributed by atoms with Crippen molar-refractivity contribution < 1.29 is 0 Å². The molecule has 0 saturated heterocycles. The van der Waals surface area contributed by atoms with Crippen molar-refractivity contribution in [1.82, 2.24) is 0 Å². The Morgan fingerprint density at radius 1 is 1.30 bits per heavy atom. The Labute approximate surface area is 62.4 Å². The third kappa shape index (κ3) is 2.23. The van der Waals surface area contributed by atoms with Gasteiger partial charge in [0, 0.05) is 5.92 Å². The summed E-state index contributed by atoms with van der Waals surface area (Å²) in [5.41, 5.74) is 0. The van der Waals surface area contributed by atoms with Gasteiger partial charge in [0.15, 0.2) is 0 Å². The highest BCUT2D eigenvalue weighted by atomic mass is 14.3. The maximum Gasteiger partial charge on any atom is 0.0659 e. The molecule has 0 aromatic carbocycles. The smallest absolute Gasteiger partial charge is 0.0659 e. The molecule has 0 saturated carbocycles. The van der Waals surface area contributed by atoms with E-state index in [2.05, 4.69) is 18.2 Å². The lowest BCUT2D eigenvalue weighted by molar-refractivity contribution is 0.549. The molecule has 1 aliphatic rings. The molecule has 54 valence electrons. The summed E-state index contributed by atoms with van der Waals surface area (Å²) in [7, 11) is 0. The minimum atomic E-state index is 0.288. The van der Waals surface area contributed by atoms with Gasteiger partial charge in [0.25, 0.3) is 0 Å². The molecule has 1 heteroatoms. The quantitative estimate of drug-likeness (QED) is 0.468. The Hall–Kier alpha value is -0.770. The molecule has 0 amide bonds. The first kappa shape index (κ1) is 7.34. The Kier molecular flexibility index (Phi) is 3.02. The van der Waals surface area contributed by atoms with Crippen LogP contribution in [0.15, 0.2) is 12.2 Å². The van der Waals surface area contributed by atoms with Gasteiger partial charge < -0.3 is 0 Å². The van der Waals surface area contributed by atoms with Gasteiger partial charge in [0.1, 0.15) is 0 Å². The summed E-state index contributed by atoms with van der Waals surface area (Å²) < 4.78 is 0. The van der Waals surface area contributed by atoms with Gasteiger partial charge in [-0.15, -0.1) is 0 Å². The maximum atomic E-state index is 8.62. The van der Waals surface area contributed by atoms with Crippen molar-refractivity contribution in [3.63, 3.8) is 0 Å². The highest BCUT2D eigenvalue weighted by Gasteiger charge is 2.05. The van der Waals surface area contributed by atoms with E-state index in [1.807, 2.05) is 0 Å². The lowest BCUT2D eigenvalue weighted by Crippen LogP contribution is -1.96. The second kappa shape index (κ2) is 4.11. The fraction of sp³-hybridized carbons (Fsp3) is 0.667. The van der Waals surface area contributed by atoms with Gasteiger partial charge >= 0.3 is 0 Å². The van der Waals surface area contributed by atoms with Crippen molar-refractivity contribution in [3.05, 3.63) is 12.2 Å². The van der Waals surface area contributed by atoms with E-state index in [-0.39, 0.29) is 5.92 Å². The van der Waals surface area contributed by atoms with Gasteiger partial charge in [0.05, 0.1) is 6.07 Å². The van der Waals surface area contributed by atoms with Crippen LogP contribution in [0.4, 0.5) is 0 Å². The van der Waals surface area contributed by atoms with Crippen LogP contribution in [-0.2, 0) is 0 Å². The number of allylic oxidation sites excluding steroid dienone is 2. The van der Waals surface area contributed by atoms with Crippen LogP contribution in [0.5, 0.6) is 0 Å². The lowest BCUT2D eigenvalue weighted by Gasteiger charge is -2.07. The van der Waals surface area contributed by atoms with E-state index < -0.39 is 0 Å².